The van der Waals surface area contributed by atoms with E-state index in [-0.39, 0.29) is 23.9 Å². The van der Waals surface area contributed by atoms with E-state index >= 15 is 0 Å². The predicted molar refractivity (Wildman–Crippen MR) is 62.9 cm³/mol. The molecule has 0 amide bonds. The van der Waals surface area contributed by atoms with Crippen LogP contribution in [0.5, 0.6) is 0 Å². The normalized spacial score (nSPS) is 15.1. The van der Waals surface area contributed by atoms with Gasteiger partial charge in [-0.05, 0) is 37.0 Å². The molecule has 2 nitrogen and oxygen atoms in total. The van der Waals surface area contributed by atoms with Crippen molar-refractivity contribution in [2.45, 2.75) is 38.8 Å². The molecule has 0 unspecified atom stereocenters. The summed E-state index contributed by atoms with van der Waals surface area (Å²) < 4.78 is 27.7. The minimum atomic E-state index is -0.575. The number of aliphatic hydroxyl groups excluding tert-OH is 1. The number of hydrogen-bond acceptors (Lipinski definition) is 2. The average Bonchev–Trinajstić information content (AvgIpc) is 3.10. The molecule has 1 aliphatic carbocycles. The summed E-state index contributed by atoms with van der Waals surface area (Å²) in [5.74, 6) is -1.15. The van der Waals surface area contributed by atoms with Crippen LogP contribution in [0, 0.1) is 11.6 Å². The van der Waals surface area contributed by atoms with Gasteiger partial charge < -0.3 is 10.0 Å². The van der Waals surface area contributed by atoms with Crippen LogP contribution in [0.15, 0.2) is 12.1 Å². The molecular weight excluding hydrogens is 224 g/mol. The van der Waals surface area contributed by atoms with Crippen molar-refractivity contribution in [3.8, 4) is 0 Å². The SMILES string of the molecule is CCCN(c1c(F)cc(CO)cc1F)C1CC1. The van der Waals surface area contributed by atoms with Gasteiger partial charge in [-0.15, -0.1) is 0 Å². The Morgan fingerprint density at radius 2 is 1.88 bits per heavy atom. The molecule has 1 aliphatic rings. The molecule has 1 fully saturated rings. The third kappa shape index (κ3) is 2.57. The molecule has 17 heavy (non-hydrogen) atoms. The first-order valence-corrected chi connectivity index (χ1v) is 6.02. The topological polar surface area (TPSA) is 23.5 Å². The van der Waals surface area contributed by atoms with Crippen molar-refractivity contribution < 1.29 is 13.9 Å². The molecule has 1 saturated carbocycles. The van der Waals surface area contributed by atoms with Crippen LogP contribution in [0.4, 0.5) is 14.5 Å². The molecule has 4 heteroatoms. The minimum Gasteiger partial charge on any atom is -0.392 e. The van der Waals surface area contributed by atoms with Crippen LogP contribution in [0.25, 0.3) is 0 Å². The third-order valence-electron chi connectivity index (χ3n) is 3.00. The van der Waals surface area contributed by atoms with E-state index in [2.05, 4.69) is 0 Å². The largest absolute Gasteiger partial charge is 0.392 e. The summed E-state index contributed by atoms with van der Waals surface area (Å²) in [6, 6.07) is 2.70. The fourth-order valence-electron chi connectivity index (χ4n) is 2.09. The van der Waals surface area contributed by atoms with Gasteiger partial charge in [0.1, 0.15) is 17.3 Å². The maximum atomic E-state index is 13.9. The van der Waals surface area contributed by atoms with E-state index in [1.54, 1.807) is 0 Å². The smallest absolute Gasteiger partial charge is 0.149 e. The van der Waals surface area contributed by atoms with Gasteiger partial charge in [0, 0.05) is 12.6 Å². The van der Waals surface area contributed by atoms with Gasteiger partial charge in [-0.25, -0.2) is 8.78 Å². The van der Waals surface area contributed by atoms with Gasteiger partial charge in [-0.2, -0.15) is 0 Å². The Balaban J connectivity index is 2.35. The molecule has 0 aromatic heterocycles. The monoisotopic (exact) mass is 241 g/mol. The van der Waals surface area contributed by atoms with Crippen molar-refractivity contribution >= 4 is 5.69 Å². The number of nitrogens with zero attached hydrogens (tertiary/aromatic N) is 1. The van der Waals surface area contributed by atoms with E-state index in [9.17, 15) is 8.78 Å². The third-order valence-corrected chi connectivity index (χ3v) is 3.00. The highest BCUT2D eigenvalue weighted by Gasteiger charge is 2.32. The van der Waals surface area contributed by atoms with E-state index in [0.717, 1.165) is 19.3 Å². The second kappa shape index (κ2) is 5.00. The Hall–Kier alpha value is -1.16. The van der Waals surface area contributed by atoms with Gasteiger partial charge in [0.25, 0.3) is 0 Å². The second-order valence-electron chi connectivity index (χ2n) is 4.49. The van der Waals surface area contributed by atoms with Crippen molar-refractivity contribution in [3.05, 3.63) is 29.3 Å². The number of hydrogen-bond donors (Lipinski definition) is 1. The molecular formula is C13H17F2NO. The Morgan fingerprint density at radius 3 is 2.29 bits per heavy atom. The van der Waals surface area contributed by atoms with Crippen molar-refractivity contribution in [3.63, 3.8) is 0 Å². The van der Waals surface area contributed by atoms with Crippen LogP contribution < -0.4 is 4.90 Å². The van der Waals surface area contributed by atoms with Crippen LogP contribution in [0.1, 0.15) is 31.7 Å². The zero-order chi connectivity index (χ0) is 12.4. The van der Waals surface area contributed by atoms with Crippen LogP contribution in [0.2, 0.25) is 0 Å². The molecule has 94 valence electrons. The second-order valence-corrected chi connectivity index (χ2v) is 4.49. The molecule has 0 spiro atoms. The number of anilines is 1. The van der Waals surface area contributed by atoms with E-state index < -0.39 is 11.6 Å². The number of benzene rings is 1. The zero-order valence-electron chi connectivity index (χ0n) is 9.92. The average molecular weight is 241 g/mol. The first-order chi connectivity index (χ1) is 8.17. The molecule has 1 aromatic rings. The first-order valence-electron chi connectivity index (χ1n) is 6.02. The molecule has 0 bridgehead atoms. The summed E-state index contributed by atoms with van der Waals surface area (Å²) in [5, 5.41) is 8.89. The highest BCUT2D eigenvalue weighted by atomic mass is 19.1. The summed E-state index contributed by atoms with van der Waals surface area (Å²) in [6.45, 7) is 2.32. The predicted octanol–water partition coefficient (Wildman–Crippen LogP) is 2.84. The summed E-state index contributed by atoms with van der Waals surface area (Å²) in [5.41, 5.74) is 0.336. The molecule has 2 rings (SSSR count). The van der Waals surface area contributed by atoms with Crippen LogP contribution in [0.3, 0.4) is 0 Å². The fourth-order valence-corrected chi connectivity index (χ4v) is 2.09. The molecule has 1 N–H and O–H groups in total. The quantitative estimate of drug-likeness (QED) is 0.856. The van der Waals surface area contributed by atoms with Gasteiger partial charge >= 0.3 is 0 Å². The van der Waals surface area contributed by atoms with E-state index in [4.69, 9.17) is 5.11 Å². The summed E-state index contributed by atoms with van der Waals surface area (Å²) >= 11 is 0. The van der Waals surface area contributed by atoms with Gasteiger partial charge in [0.2, 0.25) is 0 Å². The molecule has 0 saturated heterocycles. The molecule has 1 aromatic carbocycles. The highest BCUT2D eigenvalue weighted by molar-refractivity contribution is 5.52. The minimum absolute atomic E-state index is 0.0616. The highest BCUT2D eigenvalue weighted by Crippen LogP contribution is 2.35. The van der Waals surface area contributed by atoms with Crippen molar-refractivity contribution in [2.75, 3.05) is 11.4 Å². The first kappa shape index (κ1) is 12.3. The molecule has 0 aliphatic heterocycles. The summed E-state index contributed by atoms with van der Waals surface area (Å²) in [6.07, 6.45) is 2.86. The Bertz CT molecular complexity index is 381. The molecule has 0 radical (unpaired) electrons. The Labute approximate surface area is 99.9 Å². The van der Waals surface area contributed by atoms with Gasteiger partial charge in [-0.1, -0.05) is 6.92 Å². The maximum Gasteiger partial charge on any atom is 0.149 e. The van der Waals surface area contributed by atoms with E-state index in [1.165, 1.54) is 12.1 Å². The van der Waals surface area contributed by atoms with E-state index in [1.807, 2.05) is 11.8 Å². The van der Waals surface area contributed by atoms with Crippen LogP contribution in [-0.2, 0) is 6.61 Å². The fraction of sp³-hybridized carbons (Fsp3) is 0.538. The number of aliphatic hydroxyl groups is 1. The van der Waals surface area contributed by atoms with Gasteiger partial charge in [0.05, 0.1) is 6.61 Å². The van der Waals surface area contributed by atoms with Crippen molar-refractivity contribution in [2.24, 2.45) is 0 Å². The standard InChI is InChI=1S/C13H17F2NO/c1-2-5-16(10-3-4-10)13-11(14)6-9(8-17)7-12(13)15/h6-7,10,17H,2-5,8H2,1H3. The Kier molecular flexibility index (Phi) is 3.62. The molecule has 0 heterocycles. The summed E-state index contributed by atoms with van der Waals surface area (Å²) in [4.78, 5) is 1.81. The lowest BCUT2D eigenvalue weighted by molar-refractivity contribution is 0.280. The van der Waals surface area contributed by atoms with Crippen molar-refractivity contribution in [1.29, 1.82) is 0 Å². The number of halogens is 2. The number of rotatable bonds is 5. The van der Waals surface area contributed by atoms with Crippen molar-refractivity contribution in [1.82, 2.24) is 0 Å². The lowest BCUT2D eigenvalue weighted by atomic mass is 10.1. The lowest BCUT2D eigenvalue weighted by Gasteiger charge is -2.25. The van der Waals surface area contributed by atoms with Gasteiger partial charge in [-0.3, -0.25) is 0 Å². The van der Waals surface area contributed by atoms with Crippen LogP contribution in [-0.4, -0.2) is 17.7 Å². The molecule has 0 atom stereocenters. The lowest BCUT2D eigenvalue weighted by Crippen LogP contribution is -2.28. The maximum absolute atomic E-state index is 13.9. The Morgan fingerprint density at radius 1 is 1.29 bits per heavy atom. The van der Waals surface area contributed by atoms with E-state index in [0.29, 0.717) is 6.54 Å². The zero-order valence-corrected chi connectivity index (χ0v) is 9.92. The van der Waals surface area contributed by atoms with Gasteiger partial charge in [0.15, 0.2) is 0 Å². The van der Waals surface area contributed by atoms with Crippen LogP contribution >= 0.6 is 0 Å². The summed E-state index contributed by atoms with van der Waals surface area (Å²) in [7, 11) is 0.